The summed E-state index contributed by atoms with van der Waals surface area (Å²) in [6.45, 7) is 2.09. The lowest BCUT2D eigenvalue weighted by Gasteiger charge is -2.18. The average Bonchev–Trinajstić information content (AvgIpc) is 3.11. The molecule has 82 valence electrons. The summed E-state index contributed by atoms with van der Waals surface area (Å²) < 4.78 is 0. The van der Waals surface area contributed by atoms with Gasteiger partial charge in [0, 0.05) is 0 Å². The topological polar surface area (TPSA) is 40.5 Å². The zero-order valence-corrected chi connectivity index (χ0v) is 9.06. The SMILES string of the molecule is CCc1cccc(C(O)C(O)C2CC2)c1. The fourth-order valence-electron chi connectivity index (χ4n) is 1.89. The summed E-state index contributed by atoms with van der Waals surface area (Å²) in [5.41, 5.74) is 2.04. The van der Waals surface area contributed by atoms with Crippen molar-refractivity contribution in [3.63, 3.8) is 0 Å². The minimum absolute atomic E-state index is 0.310. The zero-order valence-electron chi connectivity index (χ0n) is 9.06. The van der Waals surface area contributed by atoms with Gasteiger partial charge in [0.2, 0.25) is 0 Å². The maximum atomic E-state index is 9.97. The summed E-state index contributed by atoms with van der Waals surface area (Å²) >= 11 is 0. The van der Waals surface area contributed by atoms with Gasteiger partial charge in [0.05, 0.1) is 6.10 Å². The first-order valence-corrected chi connectivity index (χ1v) is 5.67. The highest BCUT2D eigenvalue weighted by molar-refractivity contribution is 5.26. The third-order valence-corrected chi connectivity index (χ3v) is 3.13. The van der Waals surface area contributed by atoms with Gasteiger partial charge in [0.15, 0.2) is 0 Å². The molecule has 1 saturated carbocycles. The second kappa shape index (κ2) is 4.33. The fourth-order valence-corrected chi connectivity index (χ4v) is 1.89. The van der Waals surface area contributed by atoms with Gasteiger partial charge in [-0.1, -0.05) is 31.2 Å². The van der Waals surface area contributed by atoms with Crippen LogP contribution in [-0.4, -0.2) is 16.3 Å². The van der Waals surface area contributed by atoms with Crippen LogP contribution in [0.4, 0.5) is 0 Å². The molecule has 0 aliphatic heterocycles. The Balaban J connectivity index is 2.12. The van der Waals surface area contributed by atoms with Crippen LogP contribution in [0.1, 0.15) is 37.0 Å². The molecule has 1 aromatic rings. The van der Waals surface area contributed by atoms with E-state index in [1.54, 1.807) is 0 Å². The number of rotatable bonds is 4. The molecular weight excluding hydrogens is 188 g/mol. The van der Waals surface area contributed by atoms with Crippen molar-refractivity contribution in [2.45, 2.75) is 38.4 Å². The molecule has 1 aliphatic rings. The Morgan fingerprint density at radius 1 is 1.33 bits per heavy atom. The zero-order chi connectivity index (χ0) is 10.8. The van der Waals surface area contributed by atoms with Crippen LogP contribution >= 0.6 is 0 Å². The van der Waals surface area contributed by atoms with Gasteiger partial charge in [-0.2, -0.15) is 0 Å². The molecule has 0 aromatic heterocycles. The molecule has 2 heteroatoms. The molecule has 2 rings (SSSR count). The van der Waals surface area contributed by atoms with Gasteiger partial charge < -0.3 is 10.2 Å². The van der Waals surface area contributed by atoms with E-state index < -0.39 is 12.2 Å². The van der Waals surface area contributed by atoms with Crippen molar-refractivity contribution in [1.29, 1.82) is 0 Å². The van der Waals surface area contributed by atoms with Crippen LogP contribution in [0.25, 0.3) is 0 Å². The van der Waals surface area contributed by atoms with E-state index in [1.165, 1.54) is 5.56 Å². The number of aryl methyl sites for hydroxylation is 1. The van der Waals surface area contributed by atoms with Gasteiger partial charge in [-0.25, -0.2) is 0 Å². The molecule has 0 amide bonds. The lowest BCUT2D eigenvalue weighted by molar-refractivity contribution is 0.00481. The van der Waals surface area contributed by atoms with Crippen LogP contribution in [0.5, 0.6) is 0 Å². The molecular formula is C13H18O2. The third-order valence-electron chi connectivity index (χ3n) is 3.13. The first-order chi connectivity index (χ1) is 7.22. The van der Waals surface area contributed by atoms with Crippen LogP contribution < -0.4 is 0 Å². The van der Waals surface area contributed by atoms with Gasteiger partial charge in [0.25, 0.3) is 0 Å². The summed E-state index contributed by atoms with van der Waals surface area (Å²) in [7, 11) is 0. The maximum absolute atomic E-state index is 9.97. The van der Waals surface area contributed by atoms with Crippen LogP contribution in [0, 0.1) is 5.92 Å². The Morgan fingerprint density at radius 2 is 2.07 bits per heavy atom. The Morgan fingerprint density at radius 3 is 2.67 bits per heavy atom. The van der Waals surface area contributed by atoms with Crippen molar-refractivity contribution in [3.05, 3.63) is 35.4 Å². The standard InChI is InChI=1S/C13H18O2/c1-2-9-4-3-5-11(8-9)13(15)12(14)10-6-7-10/h3-5,8,10,12-15H,2,6-7H2,1H3. The summed E-state index contributed by atoms with van der Waals surface area (Å²) in [5.74, 6) is 0.310. The highest BCUT2D eigenvalue weighted by Crippen LogP contribution is 2.38. The predicted octanol–water partition coefficient (Wildman–Crippen LogP) is 2.05. The molecule has 0 spiro atoms. The molecule has 15 heavy (non-hydrogen) atoms. The van der Waals surface area contributed by atoms with E-state index in [2.05, 4.69) is 6.92 Å². The van der Waals surface area contributed by atoms with E-state index in [4.69, 9.17) is 0 Å². The summed E-state index contributed by atoms with van der Waals surface area (Å²) in [5, 5.41) is 19.8. The molecule has 2 nitrogen and oxygen atoms in total. The van der Waals surface area contributed by atoms with Crippen LogP contribution in [0.15, 0.2) is 24.3 Å². The number of hydrogen-bond acceptors (Lipinski definition) is 2. The van der Waals surface area contributed by atoms with Gasteiger partial charge in [-0.05, 0) is 36.3 Å². The Hall–Kier alpha value is -0.860. The lowest BCUT2D eigenvalue weighted by Crippen LogP contribution is -2.20. The van der Waals surface area contributed by atoms with E-state index in [0.29, 0.717) is 5.92 Å². The van der Waals surface area contributed by atoms with Crippen molar-refractivity contribution in [2.24, 2.45) is 5.92 Å². The molecule has 0 saturated heterocycles. The van der Waals surface area contributed by atoms with E-state index in [-0.39, 0.29) is 0 Å². The number of aliphatic hydroxyl groups is 2. The molecule has 1 fully saturated rings. The van der Waals surface area contributed by atoms with Crippen molar-refractivity contribution in [1.82, 2.24) is 0 Å². The Kier molecular flexibility index (Phi) is 3.08. The average molecular weight is 206 g/mol. The summed E-state index contributed by atoms with van der Waals surface area (Å²) in [6, 6.07) is 7.85. The molecule has 2 N–H and O–H groups in total. The summed E-state index contributed by atoms with van der Waals surface area (Å²) in [6.07, 6.45) is 1.75. The van der Waals surface area contributed by atoms with E-state index in [0.717, 1.165) is 24.8 Å². The van der Waals surface area contributed by atoms with Crippen molar-refractivity contribution < 1.29 is 10.2 Å². The number of benzene rings is 1. The normalized spacial score (nSPS) is 19.9. The lowest BCUT2D eigenvalue weighted by atomic mass is 9.99. The van der Waals surface area contributed by atoms with Crippen molar-refractivity contribution >= 4 is 0 Å². The minimum atomic E-state index is -0.719. The number of hydrogen-bond donors (Lipinski definition) is 2. The molecule has 2 atom stereocenters. The number of aliphatic hydroxyl groups excluding tert-OH is 2. The van der Waals surface area contributed by atoms with E-state index in [9.17, 15) is 10.2 Å². The molecule has 2 unspecified atom stereocenters. The first kappa shape index (κ1) is 10.7. The van der Waals surface area contributed by atoms with Gasteiger partial charge >= 0.3 is 0 Å². The van der Waals surface area contributed by atoms with Crippen LogP contribution in [0.2, 0.25) is 0 Å². The van der Waals surface area contributed by atoms with Crippen molar-refractivity contribution in [3.8, 4) is 0 Å². The van der Waals surface area contributed by atoms with Crippen LogP contribution in [0.3, 0.4) is 0 Å². The van der Waals surface area contributed by atoms with Crippen molar-refractivity contribution in [2.75, 3.05) is 0 Å². The molecule has 0 bridgehead atoms. The Bertz CT molecular complexity index is 331. The highest BCUT2D eigenvalue weighted by atomic mass is 16.3. The highest BCUT2D eigenvalue weighted by Gasteiger charge is 2.34. The van der Waals surface area contributed by atoms with E-state index in [1.807, 2.05) is 24.3 Å². The molecule has 0 heterocycles. The largest absolute Gasteiger partial charge is 0.390 e. The molecule has 1 aliphatic carbocycles. The Labute approximate surface area is 90.6 Å². The first-order valence-electron chi connectivity index (χ1n) is 5.67. The second-order valence-corrected chi connectivity index (χ2v) is 4.37. The predicted molar refractivity (Wildman–Crippen MR) is 59.5 cm³/mol. The second-order valence-electron chi connectivity index (χ2n) is 4.37. The fraction of sp³-hybridized carbons (Fsp3) is 0.538. The smallest absolute Gasteiger partial charge is 0.105 e. The van der Waals surface area contributed by atoms with Crippen LogP contribution in [-0.2, 0) is 6.42 Å². The van der Waals surface area contributed by atoms with Gasteiger partial charge in [-0.15, -0.1) is 0 Å². The molecule has 0 radical (unpaired) electrons. The summed E-state index contributed by atoms with van der Waals surface area (Å²) in [4.78, 5) is 0. The third kappa shape index (κ3) is 2.39. The monoisotopic (exact) mass is 206 g/mol. The molecule has 1 aromatic carbocycles. The van der Waals surface area contributed by atoms with Gasteiger partial charge in [0.1, 0.15) is 6.10 Å². The van der Waals surface area contributed by atoms with E-state index >= 15 is 0 Å². The quantitative estimate of drug-likeness (QED) is 0.791. The maximum Gasteiger partial charge on any atom is 0.105 e. The minimum Gasteiger partial charge on any atom is -0.390 e. The van der Waals surface area contributed by atoms with Gasteiger partial charge in [-0.3, -0.25) is 0 Å².